The van der Waals surface area contributed by atoms with E-state index in [1.54, 1.807) is 0 Å². The highest BCUT2D eigenvalue weighted by Crippen LogP contribution is 2.37. The van der Waals surface area contributed by atoms with Crippen LogP contribution in [0, 0.1) is 0 Å². The van der Waals surface area contributed by atoms with Crippen molar-refractivity contribution in [2.75, 3.05) is 12.3 Å². The molecule has 0 radical (unpaired) electrons. The summed E-state index contributed by atoms with van der Waals surface area (Å²) in [4.78, 5) is 21.6. The van der Waals surface area contributed by atoms with Crippen molar-refractivity contribution in [1.82, 2.24) is 9.88 Å². The molecule has 1 unspecified atom stereocenters. The molecule has 3 heterocycles. The number of carbonyl (C=O) groups is 1. The number of hydrogen-bond donors (Lipinski definition) is 1. The number of nitrogen functional groups attached to an aromatic ring is 1. The van der Waals surface area contributed by atoms with Crippen LogP contribution in [0.25, 0.3) is 10.2 Å². The molecule has 4 rings (SSSR count). The van der Waals surface area contributed by atoms with E-state index in [1.165, 1.54) is 41.9 Å². The highest BCUT2D eigenvalue weighted by atomic mass is 32.1. The summed E-state index contributed by atoms with van der Waals surface area (Å²) in [6.07, 6.45) is 9.02. The second-order valence-electron chi connectivity index (χ2n) is 7.06. The Morgan fingerprint density at radius 1 is 1.33 bits per heavy atom. The van der Waals surface area contributed by atoms with Crippen LogP contribution in [0.3, 0.4) is 0 Å². The Morgan fingerprint density at radius 3 is 3.00 bits per heavy atom. The molecule has 4 nitrogen and oxygen atoms in total. The number of carbonyl (C=O) groups excluding carboxylic acids is 1. The molecular weight excluding hydrogens is 318 g/mol. The number of aromatic nitrogens is 1. The van der Waals surface area contributed by atoms with Gasteiger partial charge in [0.15, 0.2) is 0 Å². The average molecular weight is 343 g/mol. The van der Waals surface area contributed by atoms with E-state index in [4.69, 9.17) is 10.7 Å². The van der Waals surface area contributed by atoms with E-state index >= 15 is 0 Å². The molecule has 5 heteroatoms. The zero-order chi connectivity index (χ0) is 16.7. The molecule has 1 aliphatic carbocycles. The zero-order valence-corrected chi connectivity index (χ0v) is 15.1. The standard InChI is InChI=1S/C19H25N3OS/c1-2-13-8-5-6-10-22(13)19(23)17-16(20)14-11-12-7-3-4-9-15(12)21-18(14)24-17/h11,13H,2-10,20H2,1H3. The summed E-state index contributed by atoms with van der Waals surface area (Å²) in [7, 11) is 0. The van der Waals surface area contributed by atoms with Crippen LogP contribution in [-0.2, 0) is 12.8 Å². The minimum Gasteiger partial charge on any atom is -0.397 e. The van der Waals surface area contributed by atoms with Crippen molar-refractivity contribution in [3.05, 3.63) is 22.2 Å². The summed E-state index contributed by atoms with van der Waals surface area (Å²) < 4.78 is 0. The van der Waals surface area contributed by atoms with Crippen molar-refractivity contribution in [2.45, 2.75) is 64.3 Å². The third-order valence-electron chi connectivity index (χ3n) is 5.55. The Morgan fingerprint density at radius 2 is 2.17 bits per heavy atom. The molecule has 128 valence electrons. The molecule has 1 fully saturated rings. The van der Waals surface area contributed by atoms with Crippen LogP contribution < -0.4 is 5.73 Å². The molecule has 2 aliphatic rings. The van der Waals surface area contributed by atoms with Gasteiger partial charge >= 0.3 is 0 Å². The lowest BCUT2D eigenvalue weighted by molar-refractivity contribution is 0.0614. The normalized spacial score (nSPS) is 21.0. The Hall–Kier alpha value is -1.62. The third kappa shape index (κ3) is 2.59. The lowest BCUT2D eigenvalue weighted by Crippen LogP contribution is -2.43. The molecule has 0 spiro atoms. The topological polar surface area (TPSA) is 59.2 Å². The van der Waals surface area contributed by atoms with Crippen LogP contribution in [0.5, 0.6) is 0 Å². The van der Waals surface area contributed by atoms with Crippen LogP contribution >= 0.6 is 11.3 Å². The fourth-order valence-electron chi connectivity index (χ4n) is 4.14. The van der Waals surface area contributed by atoms with Crippen molar-refractivity contribution in [3.8, 4) is 0 Å². The SMILES string of the molecule is CCC1CCCCN1C(=O)c1sc2nc3c(cc2c1N)CCCC3. The van der Waals surface area contributed by atoms with Crippen LogP contribution in [0.1, 0.15) is 66.4 Å². The smallest absolute Gasteiger partial charge is 0.266 e. The second kappa shape index (κ2) is 6.36. The minimum absolute atomic E-state index is 0.111. The van der Waals surface area contributed by atoms with Crippen LogP contribution in [-0.4, -0.2) is 28.4 Å². The van der Waals surface area contributed by atoms with Gasteiger partial charge in [0.2, 0.25) is 0 Å². The van der Waals surface area contributed by atoms with Gasteiger partial charge in [0.05, 0.1) is 5.69 Å². The van der Waals surface area contributed by atoms with Crippen molar-refractivity contribution in [2.24, 2.45) is 0 Å². The fourth-order valence-corrected chi connectivity index (χ4v) is 5.19. The van der Waals surface area contributed by atoms with E-state index in [0.717, 1.165) is 48.9 Å². The number of hydrogen-bond acceptors (Lipinski definition) is 4. The Labute approximate surface area is 147 Å². The summed E-state index contributed by atoms with van der Waals surface area (Å²) in [6.45, 7) is 3.02. The maximum Gasteiger partial charge on any atom is 0.266 e. The van der Waals surface area contributed by atoms with Gasteiger partial charge in [-0.3, -0.25) is 4.79 Å². The van der Waals surface area contributed by atoms with E-state index < -0.39 is 0 Å². The van der Waals surface area contributed by atoms with Gasteiger partial charge in [-0.05, 0) is 63.0 Å². The van der Waals surface area contributed by atoms with Gasteiger partial charge in [0.1, 0.15) is 9.71 Å². The third-order valence-corrected chi connectivity index (χ3v) is 6.66. The molecule has 1 aliphatic heterocycles. The first-order valence-electron chi connectivity index (χ1n) is 9.20. The first kappa shape index (κ1) is 15.9. The molecular formula is C19H25N3OS. The molecule has 2 aromatic rings. The second-order valence-corrected chi connectivity index (χ2v) is 8.05. The summed E-state index contributed by atoms with van der Waals surface area (Å²) in [5.41, 5.74) is 9.56. The van der Waals surface area contributed by atoms with Gasteiger partial charge in [-0.2, -0.15) is 0 Å². The number of fused-ring (bicyclic) bond motifs is 2. The van der Waals surface area contributed by atoms with E-state index in [1.807, 2.05) is 4.90 Å². The van der Waals surface area contributed by atoms with Crippen molar-refractivity contribution in [3.63, 3.8) is 0 Å². The number of pyridine rings is 1. The fraction of sp³-hybridized carbons (Fsp3) is 0.579. The molecule has 0 saturated carbocycles. The molecule has 1 atom stereocenters. The van der Waals surface area contributed by atoms with Gasteiger partial charge in [-0.1, -0.05) is 6.92 Å². The van der Waals surface area contributed by atoms with Gasteiger partial charge < -0.3 is 10.6 Å². The van der Waals surface area contributed by atoms with E-state index in [2.05, 4.69) is 13.0 Å². The number of rotatable bonds is 2. The average Bonchev–Trinajstić information content (AvgIpc) is 2.95. The maximum atomic E-state index is 13.1. The Balaban J connectivity index is 1.73. The number of nitrogens with zero attached hydrogens (tertiary/aromatic N) is 2. The lowest BCUT2D eigenvalue weighted by atomic mass is 9.95. The molecule has 2 aromatic heterocycles. The summed E-state index contributed by atoms with van der Waals surface area (Å²) in [5.74, 6) is 0.111. The van der Waals surface area contributed by atoms with Gasteiger partial charge in [-0.15, -0.1) is 11.3 Å². The molecule has 24 heavy (non-hydrogen) atoms. The number of anilines is 1. The van der Waals surface area contributed by atoms with Crippen LogP contribution in [0.2, 0.25) is 0 Å². The molecule has 1 amide bonds. The number of thiophene rings is 1. The number of likely N-dealkylation sites (tertiary alicyclic amines) is 1. The van der Waals surface area contributed by atoms with Gasteiger partial charge in [0.25, 0.3) is 5.91 Å². The highest BCUT2D eigenvalue weighted by molar-refractivity contribution is 7.21. The van der Waals surface area contributed by atoms with E-state index in [9.17, 15) is 4.79 Å². The number of piperidine rings is 1. The maximum absolute atomic E-state index is 13.1. The van der Waals surface area contributed by atoms with Gasteiger partial charge in [0, 0.05) is 23.7 Å². The lowest BCUT2D eigenvalue weighted by Gasteiger charge is -2.35. The number of nitrogens with two attached hydrogens (primary N) is 1. The predicted octanol–water partition coefficient (Wildman–Crippen LogP) is 4.16. The summed E-state index contributed by atoms with van der Waals surface area (Å²) in [6, 6.07) is 2.55. The summed E-state index contributed by atoms with van der Waals surface area (Å²) >= 11 is 1.48. The molecule has 1 saturated heterocycles. The van der Waals surface area contributed by atoms with Crippen molar-refractivity contribution in [1.29, 1.82) is 0 Å². The Kier molecular flexibility index (Phi) is 4.21. The Bertz CT molecular complexity index is 783. The van der Waals surface area contributed by atoms with Crippen molar-refractivity contribution >= 4 is 33.1 Å². The largest absolute Gasteiger partial charge is 0.397 e. The van der Waals surface area contributed by atoms with E-state index in [0.29, 0.717) is 16.6 Å². The van der Waals surface area contributed by atoms with Gasteiger partial charge in [-0.25, -0.2) is 4.98 Å². The molecule has 0 aromatic carbocycles. The van der Waals surface area contributed by atoms with Crippen LogP contribution in [0.4, 0.5) is 5.69 Å². The summed E-state index contributed by atoms with van der Waals surface area (Å²) in [5, 5.41) is 0.981. The predicted molar refractivity (Wildman–Crippen MR) is 99.6 cm³/mol. The first-order valence-corrected chi connectivity index (χ1v) is 10.0. The van der Waals surface area contributed by atoms with E-state index in [-0.39, 0.29) is 5.91 Å². The zero-order valence-electron chi connectivity index (χ0n) is 14.3. The molecule has 0 bridgehead atoms. The highest BCUT2D eigenvalue weighted by Gasteiger charge is 2.29. The quantitative estimate of drug-likeness (QED) is 0.890. The van der Waals surface area contributed by atoms with Crippen molar-refractivity contribution < 1.29 is 4.79 Å². The first-order chi connectivity index (χ1) is 11.7. The number of aryl methyl sites for hydroxylation is 2. The minimum atomic E-state index is 0.111. The number of amides is 1. The molecule has 2 N–H and O–H groups in total. The van der Waals surface area contributed by atoms with Crippen LogP contribution in [0.15, 0.2) is 6.07 Å². The monoisotopic (exact) mass is 343 g/mol.